The third-order valence-corrected chi connectivity index (χ3v) is 4.91. The van der Waals surface area contributed by atoms with Gasteiger partial charge in [0.25, 0.3) is 0 Å². The highest BCUT2D eigenvalue weighted by molar-refractivity contribution is 5.77. The molecule has 0 amide bonds. The van der Waals surface area contributed by atoms with Gasteiger partial charge in [0.05, 0.1) is 0 Å². The first kappa shape index (κ1) is 12.7. The summed E-state index contributed by atoms with van der Waals surface area (Å²) in [4.78, 5) is 11.2. The Morgan fingerprint density at radius 2 is 2.00 bits per heavy atom. The van der Waals surface area contributed by atoms with Crippen LogP contribution in [0.4, 0.5) is 0 Å². The highest BCUT2D eigenvalue weighted by atomic mass is 16.1. The average Bonchev–Trinajstić information content (AvgIpc) is 2.39. The fraction of sp³-hybridized carbons (Fsp3) is 0.929. The van der Waals surface area contributed by atoms with Gasteiger partial charge >= 0.3 is 0 Å². The maximum atomic E-state index is 11.2. The van der Waals surface area contributed by atoms with Crippen molar-refractivity contribution >= 4 is 5.78 Å². The summed E-state index contributed by atoms with van der Waals surface area (Å²) >= 11 is 0. The Kier molecular flexibility index (Phi) is 3.97. The predicted molar refractivity (Wildman–Crippen MR) is 64.7 cm³/mol. The molecule has 1 rings (SSSR count). The van der Waals surface area contributed by atoms with Crippen molar-refractivity contribution < 1.29 is 4.79 Å². The molecule has 1 nitrogen and oxygen atoms in total. The first-order valence-corrected chi connectivity index (χ1v) is 6.36. The zero-order valence-electron chi connectivity index (χ0n) is 11.0. The van der Waals surface area contributed by atoms with Crippen molar-refractivity contribution in [3.05, 3.63) is 0 Å². The maximum Gasteiger partial charge on any atom is 0.132 e. The molecule has 0 aromatic carbocycles. The minimum absolute atomic E-state index is 0.261. The molecule has 0 aliphatic heterocycles. The van der Waals surface area contributed by atoms with Crippen LogP contribution in [0.15, 0.2) is 0 Å². The van der Waals surface area contributed by atoms with Crippen molar-refractivity contribution in [2.45, 2.75) is 60.3 Å². The largest absolute Gasteiger partial charge is 0.300 e. The van der Waals surface area contributed by atoms with Crippen molar-refractivity contribution in [3.8, 4) is 0 Å². The van der Waals surface area contributed by atoms with Crippen LogP contribution in [0.3, 0.4) is 0 Å². The van der Waals surface area contributed by atoms with Crippen molar-refractivity contribution in [1.29, 1.82) is 0 Å². The van der Waals surface area contributed by atoms with E-state index in [1.165, 1.54) is 19.3 Å². The lowest BCUT2D eigenvalue weighted by molar-refractivity contribution is -0.120. The summed E-state index contributed by atoms with van der Waals surface area (Å²) in [6, 6.07) is 0. The Bertz CT molecular complexity index is 229. The molecule has 1 aliphatic carbocycles. The second-order valence-electron chi connectivity index (χ2n) is 6.09. The maximum absolute atomic E-state index is 11.2. The summed E-state index contributed by atoms with van der Waals surface area (Å²) in [6.07, 6.45) is 5.04. The molecule has 0 aromatic heterocycles. The SMILES string of the molecule is CC(=O)[C@H](C)CCC1CCC(C)C1(C)C. The highest BCUT2D eigenvalue weighted by Gasteiger charge is 2.39. The predicted octanol–water partition coefficient (Wildman–Crippen LogP) is 4.06. The van der Waals surface area contributed by atoms with Gasteiger partial charge in [0.15, 0.2) is 0 Å². The van der Waals surface area contributed by atoms with Crippen LogP contribution in [0.25, 0.3) is 0 Å². The first-order chi connectivity index (χ1) is 6.85. The van der Waals surface area contributed by atoms with Gasteiger partial charge in [-0.05, 0) is 49.9 Å². The van der Waals surface area contributed by atoms with Gasteiger partial charge in [0.2, 0.25) is 0 Å². The molecule has 3 atom stereocenters. The third-order valence-electron chi connectivity index (χ3n) is 4.91. The Balaban J connectivity index is 2.43. The van der Waals surface area contributed by atoms with Crippen molar-refractivity contribution in [2.75, 3.05) is 0 Å². The fourth-order valence-electron chi connectivity index (χ4n) is 2.77. The molecule has 0 radical (unpaired) electrons. The van der Waals surface area contributed by atoms with Gasteiger partial charge in [-0.25, -0.2) is 0 Å². The number of Topliss-reactive ketones (excluding diaryl/α,β-unsaturated/α-hetero) is 1. The van der Waals surface area contributed by atoms with E-state index in [0.717, 1.165) is 18.3 Å². The lowest BCUT2D eigenvalue weighted by Gasteiger charge is -2.31. The lowest BCUT2D eigenvalue weighted by atomic mass is 9.74. The number of rotatable bonds is 4. The normalized spacial score (nSPS) is 31.5. The number of ketones is 1. The number of hydrogen-bond donors (Lipinski definition) is 0. The van der Waals surface area contributed by atoms with E-state index < -0.39 is 0 Å². The van der Waals surface area contributed by atoms with Crippen molar-refractivity contribution in [2.24, 2.45) is 23.2 Å². The molecule has 1 saturated carbocycles. The Labute approximate surface area is 94.6 Å². The Hall–Kier alpha value is -0.330. The van der Waals surface area contributed by atoms with E-state index in [0.29, 0.717) is 11.2 Å². The first-order valence-electron chi connectivity index (χ1n) is 6.36. The van der Waals surface area contributed by atoms with Gasteiger partial charge in [-0.3, -0.25) is 4.79 Å². The molecule has 0 spiro atoms. The van der Waals surface area contributed by atoms with Crippen LogP contribution in [0.2, 0.25) is 0 Å². The van der Waals surface area contributed by atoms with Crippen molar-refractivity contribution in [1.82, 2.24) is 0 Å². The molecule has 88 valence electrons. The van der Waals surface area contributed by atoms with Gasteiger partial charge in [-0.2, -0.15) is 0 Å². The van der Waals surface area contributed by atoms with Gasteiger partial charge in [-0.1, -0.05) is 27.7 Å². The van der Waals surface area contributed by atoms with E-state index in [1.807, 2.05) is 0 Å². The van der Waals surface area contributed by atoms with Crippen LogP contribution < -0.4 is 0 Å². The topological polar surface area (TPSA) is 17.1 Å². The highest BCUT2D eigenvalue weighted by Crippen LogP contribution is 2.49. The summed E-state index contributed by atoms with van der Waals surface area (Å²) in [5, 5.41) is 0. The lowest BCUT2D eigenvalue weighted by Crippen LogP contribution is -2.24. The summed E-state index contributed by atoms with van der Waals surface area (Å²) in [7, 11) is 0. The number of carbonyl (C=O) groups excluding carboxylic acids is 1. The zero-order chi connectivity index (χ0) is 11.6. The van der Waals surface area contributed by atoms with E-state index in [2.05, 4.69) is 27.7 Å². The molecule has 0 saturated heterocycles. The quantitative estimate of drug-likeness (QED) is 0.683. The summed E-state index contributed by atoms with van der Waals surface area (Å²) in [6.45, 7) is 10.9. The van der Waals surface area contributed by atoms with Crippen LogP contribution >= 0.6 is 0 Å². The number of hydrogen-bond acceptors (Lipinski definition) is 1. The molecule has 0 N–H and O–H groups in total. The van der Waals surface area contributed by atoms with Crippen molar-refractivity contribution in [3.63, 3.8) is 0 Å². The fourth-order valence-corrected chi connectivity index (χ4v) is 2.77. The third kappa shape index (κ3) is 2.83. The second kappa shape index (κ2) is 4.67. The molecule has 0 bridgehead atoms. The molecule has 15 heavy (non-hydrogen) atoms. The van der Waals surface area contributed by atoms with Gasteiger partial charge < -0.3 is 0 Å². The Morgan fingerprint density at radius 3 is 2.40 bits per heavy atom. The minimum Gasteiger partial charge on any atom is -0.300 e. The Morgan fingerprint density at radius 1 is 1.40 bits per heavy atom. The molecular formula is C14H26O. The summed E-state index contributed by atoms with van der Waals surface area (Å²) in [5.74, 6) is 2.28. The van der Waals surface area contributed by atoms with Crippen LogP contribution in [0.5, 0.6) is 0 Å². The molecule has 1 aliphatic rings. The minimum atomic E-state index is 0.261. The van der Waals surface area contributed by atoms with E-state index in [1.54, 1.807) is 6.92 Å². The molecule has 1 fully saturated rings. The molecule has 0 aromatic rings. The monoisotopic (exact) mass is 210 g/mol. The second-order valence-corrected chi connectivity index (χ2v) is 6.09. The number of carbonyl (C=O) groups is 1. The van der Waals surface area contributed by atoms with Crippen LogP contribution in [-0.2, 0) is 4.79 Å². The molecular weight excluding hydrogens is 184 g/mol. The standard InChI is InChI=1S/C14H26O/c1-10(12(3)15)6-8-13-9-7-11(2)14(13,4)5/h10-11,13H,6-9H2,1-5H3/t10-,11?,13?/m1/s1. The van der Waals surface area contributed by atoms with E-state index in [-0.39, 0.29) is 5.92 Å². The van der Waals surface area contributed by atoms with Gasteiger partial charge in [-0.15, -0.1) is 0 Å². The van der Waals surface area contributed by atoms with Crippen LogP contribution in [0.1, 0.15) is 60.3 Å². The van der Waals surface area contributed by atoms with E-state index in [9.17, 15) is 4.79 Å². The smallest absolute Gasteiger partial charge is 0.132 e. The summed E-state index contributed by atoms with van der Waals surface area (Å²) in [5.41, 5.74) is 0.483. The molecule has 2 unspecified atom stereocenters. The molecule has 0 heterocycles. The average molecular weight is 210 g/mol. The molecule has 1 heteroatoms. The van der Waals surface area contributed by atoms with E-state index >= 15 is 0 Å². The van der Waals surface area contributed by atoms with Crippen LogP contribution in [0, 0.1) is 23.2 Å². The van der Waals surface area contributed by atoms with Gasteiger partial charge in [0, 0.05) is 5.92 Å². The van der Waals surface area contributed by atoms with Gasteiger partial charge in [0.1, 0.15) is 5.78 Å². The van der Waals surface area contributed by atoms with Crippen LogP contribution in [-0.4, -0.2) is 5.78 Å². The summed E-state index contributed by atoms with van der Waals surface area (Å²) < 4.78 is 0. The zero-order valence-corrected chi connectivity index (χ0v) is 11.0. The van der Waals surface area contributed by atoms with E-state index in [4.69, 9.17) is 0 Å².